The van der Waals surface area contributed by atoms with E-state index in [1.54, 1.807) is 23.1 Å². The third kappa shape index (κ3) is 4.70. The van der Waals surface area contributed by atoms with Crippen LogP contribution in [-0.4, -0.2) is 36.6 Å². The zero-order valence-electron chi connectivity index (χ0n) is 16.2. The number of hydrogen-bond donors (Lipinski definition) is 0. The third-order valence-corrected chi connectivity index (χ3v) is 6.31. The van der Waals surface area contributed by atoms with Crippen molar-refractivity contribution in [2.24, 2.45) is 0 Å². The van der Waals surface area contributed by atoms with E-state index in [9.17, 15) is 14.4 Å². The molecule has 2 aromatic carbocycles. The number of anilines is 1. The Bertz CT molecular complexity index is 956. The van der Waals surface area contributed by atoms with Gasteiger partial charge in [0.15, 0.2) is 12.4 Å². The minimum Gasteiger partial charge on any atom is -0.457 e. The molecule has 0 unspecified atom stereocenters. The van der Waals surface area contributed by atoms with Crippen LogP contribution in [0.15, 0.2) is 47.4 Å². The number of esters is 1. The molecule has 1 aliphatic carbocycles. The quantitative estimate of drug-likeness (QED) is 0.395. The minimum absolute atomic E-state index is 0.0737. The van der Waals surface area contributed by atoms with Crippen LogP contribution in [0, 0.1) is 0 Å². The largest absolute Gasteiger partial charge is 0.457 e. The van der Waals surface area contributed by atoms with Gasteiger partial charge in [-0.25, -0.2) is 0 Å². The molecule has 150 valence electrons. The van der Waals surface area contributed by atoms with Gasteiger partial charge in [0.05, 0.1) is 5.75 Å². The Hall–Kier alpha value is -2.60. The second-order valence-electron chi connectivity index (χ2n) is 7.36. The van der Waals surface area contributed by atoms with Crippen LogP contribution < -0.4 is 4.90 Å². The predicted octanol–water partition coefficient (Wildman–Crippen LogP) is 3.82. The number of Topliss-reactive ketones (excluding diaryl/α,β-unsaturated/α-hetero) is 1. The Labute approximate surface area is 174 Å². The highest BCUT2D eigenvalue weighted by molar-refractivity contribution is 8.00. The maximum Gasteiger partial charge on any atom is 0.316 e. The van der Waals surface area contributed by atoms with Crippen molar-refractivity contribution in [1.29, 1.82) is 0 Å². The zero-order chi connectivity index (χ0) is 20.2. The van der Waals surface area contributed by atoms with Gasteiger partial charge in [0.1, 0.15) is 0 Å². The van der Waals surface area contributed by atoms with E-state index < -0.39 is 5.97 Å². The smallest absolute Gasteiger partial charge is 0.316 e. The van der Waals surface area contributed by atoms with Gasteiger partial charge in [-0.1, -0.05) is 18.2 Å². The van der Waals surface area contributed by atoms with E-state index in [4.69, 9.17) is 4.74 Å². The average Bonchev–Trinajstić information content (AvgIpc) is 3.38. The SMILES string of the molecule is O=C(CSc1ccc2c(c1)CCC2)OCC(=O)c1cccc(N2CCCC2=O)c1. The molecule has 1 fully saturated rings. The number of aryl methyl sites for hydroxylation is 2. The molecule has 29 heavy (non-hydrogen) atoms. The van der Waals surface area contributed by atoms with Gasteiger partial charge in [-0.15, -0.1) is 11.8 Å². The lowest BCUT2D eigenvalue weighted by atomic mass is 10.1. The van der Waals surface area contributed by atoms with Crippen molar-refractivity contribution < 1.29 is 19.1 Å². The number of benzene rings is 2. The fraction of sp³-hybridized carbons (Fsp3) is 0.348. The van der Waals surface area contributed by atoms with E-state index in [0.29, 0.717) is 18.5 Å². The van der Waals surface area contributed by atoms with Crippen LogP contribution in [0.25, 0.3) is 0 Å². The summed E-state index contributed by atoms with van der Waals surface area (Å²) >= 11 is 1.43. The molecule has 1 saturated heterocycles. The number of carbonyl (C=O) groups is 3. The maximum atomic E-state index is 12.4. The van der Waals surface area contributed by atoms with E-state index in [1.165, 1.54) is 29.3 Å². The second kappa shape index (κ2) is 8.82. The van der Waals surface area contributed by atoms with Crippen molar-refractivity contribution in [2.75, 3.05) is 23.8 Å². The number of nitrogens with zero attached hydrogens (tertiary/aromatic N) is 1. The molecule has 0 aromatic heterocycles. The normalized spacial score (nSPS) is 15.4. The minimum atomic E-state index is -0.408. The topological polar surface area (TPSA) is 63.7 Å². The number of amides is 1. The van der Waals surface area contributed by atoms with Gasteiger partial charge in [-0.2, -0.15) is 0 Å². The van der Waals surface area contributed by atoms with E-state index >= 15 is 0 Å². The Kier molecular flexibility index (Phi) is 6.00. The van der Waals surface area contributed by atoms with Gasteiger partial charge in [-0.3, -0.25) is 14.4 Å². The maximum absolute atomic E-state index is 12.4. The standard InChI is InChI=1S/C23H23NO4S/c25-21(18-6-2-7-19(12-18)24-11-3-8-22(24)26)14-28-23(27)15-29-20-10-9-16-4-1-5-17(16)13-20/h2,6-7,9-10,12-13H,1,3-5,8,11,14-15H2. The molecule has 0 saturated carbocycles. The van der Waals surface area contributed by atoms with Gasteiger partial charge < -0.3 is 9.64 Å². The van der Waals surface area contributed by atoms with Crippen LogP contribution in [0.1, 0.15) is 40.7 Å². The highest BCUT2D eigenvalue weighted by Crippen LogP contribution is 2.27. The number of ether oxygens (including phenoxy) is 1. The van der Waals surface area contributed by atoms with Gasteiger partial charge >= 0.3 is 5.97 Å². The van der Waals surface area contributed by atoms with Crippen molar-refractivity contribution >= 4 is 35.1 Å². The van der Waals surface area contributed by atoms with E-state index in [2.05, 4.69) is 12.1 Å². The Balaban J connectivity index is 1.28. The van der Waals surface area contributed by atoms with E-state index in [1.807, 2.05) is 12.1 Å². The third-order valence-electron chi connectivity index (χ3n) is 5.34. The summed E-state index contributed by atoms with van der Waals surface area (Å²) < 4.78 is 5.17. The molecule has 5 nitrogen and oxygen atoms in total. The first kappa shape index (κ1) is 19.7. The van der Waals surface area contributed by atoms with Crippen molar-refractivity contribution in [1.82, 2.24) is 0 Å². The molecule has 0 spiro atoms. The number of ketones is 1. The highest BCUT2D eigenvalue weighted by atomic mass is 32.2. The summed E-state index contributed by atoms with van der Waals surface area (Å²) in [5.41, 5.74) is 3.94. The van der Waals surface area contributed by atoms with Gasteiger partial charge in [0.25, 0.3) is 0 Å². The Morgan fingerprint density at radius 2 is 1.86 bits per heavy atom. The Morgan fingerprint density at radius 3 is 2.69 bits per heavy atom. The first-order valence-electron chi connectivity index (χ1n) is 9.94. The first-order chi connectivity index (χ1) is 14.1. The number of hydrogen-bond acceptors (Lipinski definition) is 5. The molecule has 2 aromatic rings. The van der Waals surface area contributed by atoms with Crippen LogP contribution in [0.4, 0.5) is 5.69 Å². The molecule has 1 heterocycles. The monoisotopic (exact) mass is 409 g/mol. The molecule has 0 bridgehead atoms. The number of fused-ring (bicyclic) bond motifs is 1. The lowest BCUT2D eigenvalue weighted by Gasteiger charge is -2.16. The Morgan fingerprint density at radius 1 is 1.00 bits per heavy atom. The van der Waals surface area contributed by atoms with Crippen LogP contribution in [0.3, 0.4) is 0 Å². The summed E-state index contributed by atoms with van der Waals surface area (Å²) in [6, 6.07) is 13.3. The van der Waals surface area contributed by atoms with Gasteiger partial charge in [-0.05, 0) is 61.1 Å². The van der Waals surface area contributed by atoms with Crippen LogP contribution in [-0.2, 0) is 27.2 Å². The average molecular weight is 410 g/mol. The summed E-state index contributed by atoms with van der Waals surface area (Å²) in [6.07, 6.45) is 4.80. The molecular formula is C23H23NO4S. The summed E-state index contributed by atoms with van der Waals surface area (Å²) in [5.74, 6) is -0.428. The highest BCUT2D eigenvalue weighted by Gasteiger charge is 2.22. The lowest BCUT2D eigenvalue weighted by Crippen LogP contribution is -2.24. The first-order valence-corrected chi connectivity index (χ1v) is 10.9. The lowest BCUT2D eigenvalue weighted by molar-refractivity contribution is -0.139. The molecule has 0 N–H and O–H groups in total. The van der Waals surface area contributed by atoms with E-state index in [-0.39, 0.29) is 24.1 Å². The molecular weight excluding hydrogens is 386 g/mol. The molecule has 0 radical (unpaired) electrons. The summed E-state index contributed by atoms with van der Waals surface area (Å²) in [7, 11) is 0. The predicted molar refractivity (Wildman–Crippen MR) is 113 cm³/mol. The molecule has 2 aliphatic rings. The number of thioether (sulfide) groups is 1. The molecule has 1 amide bonds. The van der Waals surface area contributed by atoms with Crippen LogP contribution >= 0.6 is 11.8 Å². The number of carbonyl (C=O) groups excluding carboxylic acids is 3. The van der Waals surface area contributed by atoms with Gasteiger partial charge in [0, 0.05) is 29.1 Å². The van der Waals surface area contributed by atoms with Crippen molar-refractivity contribution in [3.63, 3.8) is 0 Å². The number of rotatable bonds is 7. The fourth-order valence-electron chi connectivity index (χ4n) is 3.82. The van der Waals surface area contributed by atoms with Crippen molar-refractivity contribution in [3.05, 3.63) is 59.2 Å². The zero-order valence-corrected chi connectivity index (χ0v) is 17.0. The van der Waals surface area contributed by atoms with Gasteiger partial charge in [0.2, 0.25) is 5.91 Å². The second-order valence-corrected chi connectivity index (χ2v) is 8.40. The molecule has 4 rings (SSSR count). The van der Waals surface area contributed by atoms with Crippen molar-refractivity contribution in [2.45, 2.75) is 37.0 Å². The molecule has 0 atom stereocenters. The summed E-state index contributed by atoms with van der Waals surface area (Å²) in [4.78, 5) is 39.1. The summed E-state index contributed by atoms with van der Waals surface area (Å²) in [5, 5.41) is 0. The van der Waals surface area contributed by atoms with Crippen LogP contribution in [0.2, 0.25) is 0 Å². The summed E-state index contributed by atoms with van der Waals surface area (Å²) in [6.45, 7) is 0.381. The molecule has 6 heteroatoms. The molecule has 1 aliphatic heterocycles. The van der Waals surface area contributed by atoms with Crippen LogP contribution in [0.5, 0.6) is 0 Å². The fourth-order valence-corrected chi connectivity index (χ4v) is 4.58. The van der Waals surface area contributed by atoms with Crippen molar-refractivity contribution in [3.8, 4) is 0 Å². The van der Waals surface area contributed by atoms with E-state index in [0.717, 1.165) is 29.8 Å².